The molecule has 0 saturated carbocycles. The van der Waals surface area contributed by atoms with Crippen LogP contribution in [0.4, 0.5) is 0 Å². The molecule has 19 heteroatoms. The largest absolute Gasteiger partial charge is 0.472 e. The molecule has 0 spiro atoms. The monoisotopic (exact) mass is 1250 g/mol. The van der Waals surface area contributed by atoms with E-state index in [1.165, 1.54) is 116 Å². The fourth-order valence-corrected chi connectivity index (χ4v) is 11.3. The Morgan fingerprint density at radius 3 is 0.835 bits per heavy atom. The Labute approximate surface area is 517 Å². The van der Waals surface area contributed by atoms with E-state index >= 15 is 0 Å². The van der Waals surface area contributed by atoms with Crippen molar-refractivity contribution < 1.29 is 80.2 Å². The number of carbonyl (C=O) groups is 4. The first kappa shape index (κ1) is 83.1. The molecule has 0 aromatic rings. The molecule has 0 aliphatic carbocycles. The SMILES string of the molecule is CCC(C)CCCCCCCCC(=O)OC[C@H](COP(=O)(O)OC[C@H](O)COP(=O)(O)OC[C@@H](COC(=O)CCCCCCCCCCCCC(C)C)OC(=O)CCCCCCCCCCCCC(C)C)OC(=O)CCCCCCCCC(C)C. The Balaban J connectivity index is 5.25. The molecule has 0 rings (SSSR count). The van der Waals surface area contributed by atoms with Gasteiger partial charge in [0.1, 0.15) is 19.3 Å². The number of phosphoric acid groups is 2. The van der Waals surface area contributed by atoms with Crippen molar-refractivity contribution in [1.82, 2.24) is 0 Å². The van der Waals surface area contributed by atoms with Gasteiger partial charge in [-0.2, -0.15) is 0 Å². The molecule has 17 nitrogen and oxygen atoms in total. The second-order valence-electron chi connectivity index (χ2n) is 25.5. The molecule has 0 fully saturated rings. The summed E-state index contributed by atoms with van der Waals surface area (Å²) in [6.07, 6.45) is 36.4. The number of carbonyl (C=O) groups excluding carboxylic acids is 4. The zero-order valence-corrected chi connectivity index (χ0v) is 57.0. The summed E-state index contributed by atoms with van der Waals surface area (Å²) in [5.74, 6) is 0.771. The van der Waals surface area contributed by atoms with E-state index in [9.17, 15) is 43.2 Å². The molecule has 3 N–H and O–H groups in total. The van der Waals surface area contributed by atoms with E-state index < -0.39 is 97.5 Å². The van der Waals surface area contributed by atoms with Crippen LogP contribution in [0.5, 0.6) is 0 Å². The van der Waals surface area contributed by atoms with E-state index in [1.54, 1.807) is 0 Å². The number of hydrogen-bond acceptors (Lipinski definition) is 15. The summed E-state index contributed by atoms with van der Waals surface area (Å²) in [5.41, 5.74) is 0. The molecule has 0 heterocycles. The molecule has 0 saturated heterocycles. The number of ether oxygens (including phenoxy) is 4. The van der Waals surface area contributed by atoms with E-state index in [0.29, 0.717) is 31.6 Å². The third-order valence-electron chi connectivity index (χ3n) is 15.4. The number of unbranched alkanes of at least 4 members (excludes halogenated alkanes) is 28. The lowest BCUT2D eigenvalue weighted by atomic mass is 10.00. The fourth-order valence-electron chi connectivity index (χ4n) is 9.75. The Morgan fingerprint density at radius 1 is 0.329 bits per heavy atom. The van der Waals surface area contributed by atoms with Gasteiger partial charge < -0.3 is 33.8 Å². The lowest BCUT2D eigenvalue weighted by molar-refractivity contribution is -0.161. The molecule has 0 aliphatic heterocycles. The van der Waals surface area contributed by atoms with Gasteiger partial charge in [0.05, 0.1) is 26.4 Å². The van der Waals surface area contributed by atoms with Crippen LogP contribution >= 0.6 is 15.6 Å². The maximum absolute atomic E-state index is 13.0. The highest BCUT2D eigenvalue weighted by atomic mass is 31.2. The number of phosphoric ester groups is 2. The predicted octanol–water partition coefficient (Wildman–Crippen LogP) is 18.1. The van der Waals surface area contributed by atoms with Crippen molar-refractivity contribution in [2.75, 3.05) is 39.6 Å². The molecule has 0 amide bonds. The van der Waals surface area contributed by atoms with E-state index in [0.717, 1.165) is 114 Å². The van der Waals surface area contributed by atoms with Crippen LogP contribution in [0, 0.1) is 23.7 Å². The molecule has 6 atom stereocenters. The molecule has 85 heavy (non-hydrogen) atoms. The van der Waals surface area contributed by atoms with Gasteiger partial charge in [-0.05, 0) is 49.4 Å². The van der Waals surface area contributed by atoms with Crippen molar-refractivity contribution >= 4 is 39.5 Å². The Morgan fingerprint density at radius 2 is 0.565 bits per heavy atom. The van der Waals surface area contributed by atoms with Crippen molar-refractivity contribution in [2.24, 2.45) is 23.7 Å². The van der Waals surface area contributed by atoms with E-state index in [4.69, 9.17) is 37.0 Å². The average Bonchev–Trinajstić information content (AvgIpc) is 3.59. The topological polar surface area (TPSA) is 237 Å². The second-order valence-corrected chi connectivity index (χ2v) is 28.4. The maximum atomic E-state index is 13.0. The molecule has 504 valence electrons. The van der Waals surface area contributed by atoms with Crippen LogP contribution in [0.2, 0.25) is 0 Å². The number of hydrogen-bond donors (Lipinski definition) is 3. The van der Waals surface area contributed by atoms with E-state index in [2.05, 4.69) is 55.4 Å². The maximum Gasteiger partial charge on any atom is 0.472 e. The lowest BCUT2D eigenvalue weighted by Crippen LogP contribution is -2.30. The molecule has 0 bridgehead atoms. The van der Waals surface area contributed by atoms with Gasteiger partial charge in [0.25, 0.3) is 0 Å². The third-order valence-corrected chi connectivity index (χ3v) is 17.3. The van der Waals surface area contributed by atoms with E-state index in [-0.39, 0.29) is 25.7 Å². The summed E-state index contributed by atoms with van der Waals surface area (Å²) in [6, 6.07) is 0. The van der Waals surface area contributed by atoms with Crippen molar-refractivity contribution in [3.63, 3.8) is 0 Å². The minimum absolute atomic E-state index is 0.101. The molecule has 3 unspecified atom stereocenters. The van der Waals surface area contributed by atoms with Gasteiger partial charge in [0, 0.05) is 25.7 Å². The molecular formula is C66H128O17P2. The zero-order chi connectivity index (χ0) is 63.2. The van der Waals surface area contributed by atoms with E-state index in [1.807, 2.05) is 0 Å². The van der Waals surface area contributed by atoms with Crippen LogP contribution < -0.4 is 0 Å². The highest BCUT2D eigenvalue weighted by Crippen LogP contribution is 2.45. The standard InChI is InChI=1S/C66H128O17P2/c1-9-59(8)45-37-29-23-25-31-39-47-64(69)77-53-62(83-66(71)49-41-33-24-22-28-36-44-58(6)7)55-81-85(74,75)79-51-60(67)50-78-84(72,73)80-54-61(82-65(70)48-40-32-21-17-13-11-15-19-27-35-43-57(4)5)52-76-63(68)46-38-30-20-16-12-10-14-18-26-34-42-56(2)3/h56-62,67H,9-55H2,1-8H3,(H,72,73)(H,74,75)/t59?,60-,61-,62-/m1/s1. The van der Waals surface area contributed by atoms with Gasteiger partial charge in [0.2, 0.25) is 0 Å². The number of aliphatic hydroxyl groups excluding tert-OH is 1. The van der Waals surface area contributed by atoms with Crippen molar-refractivity contribution in [3.8, 4) is 0 Å². The van der Waals surface area contributed by atoms with Crippen molar-refractivity contribution in [2.45, 2.75) is 337 Å². The first-order valence-corrected chi connectivity index (χ1v) is 37.2. The normalized spacial score (nSPS) is 14.7. The minimum atomic E-state index is -4.95. The number of rotatable bonds is 63. The van der Waals surface area contributed by atoms with Crippen LogP contribution in [-0.4, -0.2) is 96.7 Å². The summed E-state index contributed by atoms with van der Waals surface area (Å²) >= 11 is 0. The van der Waals surface area contributed by atoms with Crippen LogP contribution in [0.15, 0.2) is 0 Å². The van der Waals surface area contributed by atoms with Crippen molar-refractivity contribution in [3.05, 3.63) is 0 Å². The Bertz CT molecular complexity index is 1700. The smallest absolute Gasteiger partial charge is 0.462 e. The Kier molecular flexibility index (Phi) is 54.8. The van der Waals surface area contributed by atoms with Gasteiger partial charge >= 0.3 is 39.5 Å². The van der Waals surface area contributed by atoms with Gasteiger partial charge in [-0.1, -0.05) is 267 Å². The highest BCUT2D eigenvalue weighted by Gasteiger charge is 2.30. The molecule has 0 aromatic heterocycles. The highest BCUT2D eigenvalue weighted by molar-refractivity contribution is 7.47. The second kappa shape index (κ2) is 56.1. The van der Waals surface area contributed by atoms with Crippen molar-refractivity contribution in [1.29, 1.82) is 0 Å². The summed E-state index contributed by atoms with van der Waals surface area (Å²) < 4.78 is 68.1. The van der Waals surface area contributed by atoms with Crippen LogP contribution in [0.3, 0.4) is 0 Å². The van der Waals surface area contributed by atoms with Gasteiger partial charge in [0.15, 0.2) is 12.2 Å². The van der Waals surface area contributed by atoms with Crippen LogP contribution in [0.1, 0.15) is 319 Å². The molecule has 0 aliphatic rings. The van der Waals surface area contributed by atoms with Gasteiger partial charge in [-0.15, -0.1) is 0 Å². The first-order chi connectivity index (χ1) is 40.6. The summed E-state index contributed by atoms with van der Waals surface area (Å²) in [6.45, 7) is 14.0. The lowest BCUT2D eigenvalue weighted by Gasteiger charge is -2.21. The average molecular weight is 1260 g/mol. The number of aliphatic hydroxyl groups is 1. The zero-order valence-electron chi connectivity index (χ0n) is 55.2. The van der Waals surface area contributed by atoms with Gasteiger partial charge in [-0.25, -0.2) is 9.13 Å². The molecule has 0 aromatic carbocycles. The van der Waals surface area contributed by atoms with Crippen LogP contribution in [0.25, 0.3) is 0 Å². The number of esters is 4. The minimum Gasteiger partial charge on any atom is -0.462 e. The molecule has 0 radical (unpaired) electrons. The third kappa shape index (κ3) is 59.5. The fraction of sp³-hybridized carbons (Fsp3) is 0.939. The summed E-state index contributed by atoms with van der Waals surface area (Å²) in [7, 11) is -9.89. The van der Waals surface area contributed by atoms with Gasteiger partial charge in [-0.3, -0.25) is 37.3 Å². The Hall–Kier alpha value is -1.94. The summed E-state index contributed by atoms with van der Waals surface area (Å²) in [5, 5.41) is 10.5. The van der Waals surface area contributed by atoms with Crippen LogP contribution in [-0.2, 0) is 65.4 Å². The first-order valence-electron chi connectivity index (χ1n) is 34.2. The summed E-state index contributed by atoms with van der Waals surface area (Å²) in [4.78, 5) is 72.3. The molecular weight excluding hydrogens is 1130 g/mol. The predicted molar refractivity (Wildman–Crippen MR) is 340 cm³/mol. The quantitative estimate of drug-likeness (QED) is 0.0222.